The Labute approximate surface area is 125 Å². The second-order valence-corrected chi connectivity index (χ2v) is 4.84. The first-order valence-corrected chi connectivity index (χ1v) is 6.99. The van der Waals surface area contributed by atoms with Crippen molar-refractivity contribution in [2.45, 2.75) is 20.0 Å². The quantitative estimate of drug-likeness (QED) is 0.880. The van der Waals surface area contributed by atoms with Crippen LogP contribution in [0.5, 0.6) is 6.01 Å². The summed E-state index contributed by atoms with van der Waals surface area (Å²) in [5.74, 6) is 1.09. The first-order chi connectivity index (χ1) is 10.1. The molecule has 6 heteroatoms. The van der Waals surface area contributed by atoms with E-state index in [2.05, 4.69) is 20.3 Å². The maximum atomic E-state index is 5.85. The Balaban J connectivity index is 2.22. The molecule has 0 fully saturated rings. The minimum Gasteiger partial charge on any atom is -0.455 e. The van der Waals surface area contributed by atoms with Gasteiger partial charge in [0.2, 0.25) is 11.9 Å². The van der Waals surface area contributed by atoms with Crippen LogP contribution < -0.4 is 15.0 Å². The molecule has 0 aliphatic carbocycles. The molecule has 0 bridgehead atoms. The number of anilines is 2. The minimum atomic E-state index is -0.127. The fourth-order valence-electron chi connectivity index (χ4n) is 1.79. The maximum Gasteiger partial charge on any atom is 0.323 e. The lowest BCUT2D eigenvalue weighted by atomic mass is 10.1. The molecule has 1 unspecified atom stereocenters. The van der Waals surface area contributed by atoms with Crippen molar-refractivity contribution in [3.05, 3.63) is 35.9 Å². The number of hydrogen-bond acceptors (Lipinski definition) is 6. The number of hydrogen-bond donors (Lipinski definition) is 1. The molecule has 1 aromatic heterocycles. The number of benzene rings is 1. The number of ether oxygens (including phenoxy) is 1. The number of aromatic nitrogens is 3. The summed E-state index contributed by atoms with van der Waals surface area (Å²) in [5.41, 5.74) is 1.08. The third-order valence-corrected chi connectivity index (χ3v) is 2.89. The van der Waals surface area contributed by atoms with Crippen LogP contribution in [0.2, 0.25) is 0 Å². The van der Waals surface area contributed by atoms with E-state index >= 15 is 0 Å². The lowest BCUT2D eigenvalue weighted by molar-refractivity contribution is 0.207. The lowest BCUT2D eigenvalue weighted by Crippen LogP contribution is -2.17. The van der Waals surface area contributed by atoms with Crippen LogP contribution in [0.4, 0.5) is 11.9 Å². The molecule has 0 radical (unpaired) electrons. The summed E-state index contributed by atoms with van der Waals surface area (Å²) in [6.45, 7) is 4.71. The van der Waals surface area contributed by atoms with Crippen molar-refractivity contribution >= 4 is 11.9 Å². The van der Waals surface area contributed by atoms with E-state index in [1.165, 1.54) is 0 Å². The van der Waals surface area contributed by atoms with Gasteiger partial charge in [0, 0.05) is 20.6 Å². The Bertz CT molecular complexity index is 574. The number of rotatable bonds is 6. The molecule has 2 rings (SSSR count). The summed E-state index contributed by atoms with van der Waals surface area (Å²) >= 11 is 0. The first kappa shape index (κ1) is 15.0. The van der Waals surface area contributed by atoms with Gasteiger partial charge in [0.05, 0.1) is 0 Å². The summed E-state index contributed by atoms with van der Waals surface area (Å²) in [7, 11) is 3.77. The van der Waals surface area contributed by atoms with Crippen LogP contribution in [0, 0.1) is 0 Å². The second-order valence-electron chi connectivity index (χ2n) is 4.84. The van der Waals surface area contributed by atoms with E-state index in [1.54, 1.807) is 0 Å². The van der Waals surface area contributed by atoms with Crippen molar-refractivity contribution in [2.75, 3.05) is 30.9 Å². The molecular weight excluding hydrogens is 266 g/mol. The fraction of sp³-hybridized carbons (Fsp3) is 0.400. The highest BCUT2D eigenvalue weighted by atomic mass is 16.5. The fourth-order valence-corrected chi connectivity index (χ4v) is 1.79. The molecule has 0 saturated heterocycles. The maximum absolute atomic E-state index is 5.85. The molecule has 0 aliphatic rings. The average Bonchev–Trinajstić information content (AvgIpc) is 2.48. The normalized spacial score (nSPS) is 11.8. The van der Waals surface area contributed by atoms with Gasteiger partial charge in [0.15, 0.2) is 0 Å². The van der Waals surface area contributed by atoms with Crippen LogP contribution in [0.25, 0.3) is 0 Å². The van der Waals surface area contributed by atoms with Crippen molar-refractivity contribution in [2.24, 2.45) is 0 Å². The third kappa shape index (κ3) is 4.05. The molecule has 0 aliphatic heterocycles. The molecule has 1 aromatic carbocycles. The predicted molar refractivity (Wildman–Crippen MR) is 83.8 cm³/mol. The van der Waals surface area contributed by atoms with Crippen molar-refractivity contribution in [3.8, 4) is 6.01 Å². The number of nitrogens with zero attached hydrogens (tertiary/aromatic N) is 4. The zero-order valence-electron chi connectivity index (χ0n) is 12.9. The first-order valence-electron chi connectivity index (χ1n) is 6.99. The Hall–Kier alpha value is -2.37. The van der Waals surface area contributed by atoms with Gasteiger partial charge in [0.25, 0.3) is 0 Å². The van der Waals surface area contributed by atoms with E-state index in [1.807, 2.05) is 63.2 Å². The summed E-state index contributed by atoms with van der Waals surface area (Å²) in [4.78, 5) is 14.7. The van der Waals surface area contributed by atoms with Crippen molar-refractivity contribution in [3.63, 3.8) is 0 Å². The Morgan fingerprint density at radius 1 is 1.14 bits per heavy atom. The molecule has 2 aromatic rings. The standard InChI is InChI=1S/C15H21N5O/c1-5-16-13-17-14(20(3)4)19-15(18-13)21-11(2)12-9-7-6-8-10-12/h6-11H,5H2,1-4H3,(H,16,17,18,19). The van der Waals surface area contributed by atoms with Crippen molar-refractivity contribution < 1.29 is 4.74 Å². The molecule has 112 valence electrons. The molecule has 0 saturated carbocycles. The van der Waals surface area contributed by atoms with Gasteiger partial charge in [-0.15, -0.1) is 0 Å². The molecular formula is C15H21N5O. The van der Waals surface area contributed by atoms with Crippen LogP contribution in [0.15, 0.2) is 30.3 Å². The minimum absolute atomic E-state index is 0.127. The van der Waals surface area contributed by atoms with Crippen molar-refractivity contribution in [1.82, 2.24) is 15.0 Å². The van der Waals surface area contributed by atoms with E-state index in [4.69, 9.17) is 4.74 Å². The largest absolute Gasteiger partial charge is 0.455 e. The average molecular weight is 287 g/mol. The zero-order valence-corrected chi connectivity index (χ0v) is 12.9. The van der Waals surface area contributed by atoms with Gasteiger partial charge in [-0.1, -0.05) is 30.3 Å². The summed E-state index contributed by atoms with van der Waals surface area (Å²) in [6.07, 6.45) is -0.127. The summed E-state index contributed by atoms with van der Waals surface area (Å²) < 4.78 is 5.85. The van der Waals surface area contributed by atoms with Gasteiger partial charge in [-0.2, -0.15) is 15.0 Å². The van der Waals surface area contributed by atoms with Gasteiger partial charge in [-0.05, 0) is 19.4 Å². The molecule has 1 atom stereocenters. The number of nitrogens with one attached hydrogen (secondary N) is 1. The molecule has 21 heavy (non-hydrogen) atoms. The smallest absolute Gasteiger partial charge is 0.323 e. The Morgan fingerprint density at radius 3 is 2.48 bits per heavy atom. The van der Waals surface area contributed by atoms with E-state index in [0.29, 0.717) is 17.9 Å². The van der Waals surface area contributed by atoms with Crippen LogP contribution in [0.3, 0.4) is 0 Å². The van der Waals surface area contributed by atoms with Gasteiger partial charge in [0.1, 0.15) is 6.10 Å². The van der Waals surface area contributed by atoms with Gasteiger partial charge >= 0.3 is 6.01 Å². The molecule has 0 spiro atoms. The monoisotopic (exact) mass is 287 g/mol. The highest BCUT2D eigenvalue weighted by Crippen LogP contribution is 2.20. The zero-order chi connectivity index (χ0) is 15.2. The Kier molecular flexibility index (Phi) is 4.92. The van der Waals surface area contributed by atoms with Gasteiger partial charge in [-0.25, -0.2) is 0 Å². The molecule has 6 nitrogen and oxygen atoms in total. The SMILES string of the molecule is CCNc1nc(OC(C)c2ccccc2)nc(N(C)C)n1. The third-order valence-electron chi connectivity index (χ3n) is 2.89. The van der Waals surface area contributed by atoms with Crippen LogP contribution in [0.1, 0.15) is 25.5 Å². The predicted octanol–water partition coefficient (Wildman–Crippen LogP) is 2.51. The van der Waals surface area contributed by atoms with E-state index in [0.717, 1.165) is 12.1 Å². The van der Waals surface area contributed by atoms with Gasteiger partial charge < -0.3 is 15.0 Å². The van der Waals surface area contributed by atoms with Crippen LogP contribution >= 0.6 is 0 Å². The van der Waals surface area contributed by atoms with E-state index in [-0.39, 0.29) is 6.10 Å². The molecule has 0 amide bonds. The van der Waals surface area contributed by atoms with Gasteiger partial charge in [-0.3, -0.25) is 0 Å². The second kappa shape index (κ2) is 6.88. The van der Waals surface area contributed by atoms with Crippen LogP contribution in [-0.4, -0.2) is 35.6 Å². The topological polar surface area (TPSA) is 63.2 Å². The van der Waals surface area contributed by atoms with Crippen molar-refractivity contribution in [1.29, 1.82) is 0 Å². The summed E-state index contributed by atoms with van der Waals surface area (Å²) in [5, 5.41) is 3.09. The van der Waals surface area contributed by atoms with Crippen LogP contribution in [-0.2, 0) is 0 Å². The molecule has 1 heterocycles. The summed E-state index contributed by atoms with van der Waals surface area (Å²) in [6, 6.07) is 10.3. The Morgan fingerprint density at radius 2 is 1.86 bits per heavy atom. The highest BCUT2D eigenvalue weighted by Gasteiger charge is 2.13. The highest BCUT2D eigenvalue weighted by molar-refractivity contribution is 5.37. The van der Waals surface area contributed by atoms with E-state index < -0.39 is 0 Å². The lowest BCUT2D eigenvalue weighted by Gasteiger charge is -2.16. The van der Waals surface area contributed by atoms with E-state index in [9.17, 15) is 0 Å². The molecule has 1 N–H and O–H groups in total.